The van der Waals surface area contributed by atoms with Gasteiger partial charge in [0.15, 0.2) is 0 Å². The van der Waals surface area contributed by atoms with Gasteiger partial charge >= 0.3 is 11.9 Å². The van der Waals surface area contributed by atoms with E-state index >= 15 is 0 Å². The van der Waals surface area contributed by atoms with Crippen molar-refractivity contribution in [2.45, 2.75) is 12.7 Å². The lowest BCUT2D eigenvalue weighted by atomic mass is 10.5. The average molecular weight is 243 g/mol. The van der Waals surface area contributed by atoms with E-state index in [4.69, 9.17) is 11.6 Å². The molecule has 1 rings (SSSR count). The minimum absolute atomic E-state index is 0.281. The van der Waals surface area contributed by atoms with Crippen molar-refractivity contribution >= 4 is 11.6 Å². The molecule has 15 heavy (non-hydrogen) atoms. The molecular formula is C7H6ClF3N2O2. The quantitative estimate of drug-likeness (QED) is 0.683. The van der Waals surface area contributed by atoms with E-state index in [1.807, 2.05) is 0 Å². The summed E-state index contributed by atoms with van der Waals surface area (Å²) in [5, 5.41) is -0.527. The van der Waals surface area contributed by atoms with Crippen LogP contribution in [-0.4, -0.2) is 15.3 Å². The predicted octanol–water partition coefficient (Wildman–Crippen LogP) is 0.763. The summed E-state index contributed by atoms with van der Waals surface area (Å²) >= 11 is 5.36. The standard InChI is InChI=1S/C7H6ClF3N2O2/c1-12-5(14)2-4(8)13(6(12)15)3-7(9,10)11/h2H,3H2,1H3. The Balaban J connectivity index is 3.38. The van der Waals surface area contributed by atoms with Crippen molar-refractivity contribution in [1.29, 1.82) is 0 Å². The van der Waals surface area contributed by atoms with Gasteiger partial charge in [-0.1, -0.05) is 11.6 Å². The van der Waals surface area contributed by atoms with Crippen molar-refractivity contribution in [3.63, 3.8) is 0 Å². The molecule has 8 heteroatoms. The zero-order chi connectivity index (χ0) is 11.8. The normalized spacial score (nSPS) is 11.8. The number of halogens is 4. The highest BCUT2D eigenvalue weighted by molar-refractivity contribution is 6.29. The first-order valence-electron chi connectivity index (χ1n) is 3.75. The largest absolute Gasteiger partial charge is 0.406 e. The van der Waals surface area contributed by atoms with Crippen LogP contribution in [0.3, 0.4) is 0 Å². The molecule has 84 valence electrons. The summed E-state index contributed by atoms with van der Waals surface area (Å²) in [7, 11) is 1.08. The first-order chi connectivity index (χ1) is 6.72. The number of hydrogen-bond donors (Lipinski definition) is 0. The summed E-state index contributed by atoms with van der Waals surface area (Å²) in [6.45, 7) is -1.52. The Morgan fingerprint density at radius 2 is 1.93 bits per heavy atom. The second-order valence-electron chi connectivity index (χ2n) is 2.85. The van der Waals surface area contributed by atoms with Crippen molar-refractivity contribution in [2.75, 3.05) is 0 Å². The van der Waals surface area contributed by atoms with Crippen molar-refractivity contribution in [1.82, 2.24) is 9.13 Å². The molecule has 0 saturated carbocycles. The van der Waals surface area contributed by atoms with E-state index in [-0.39, 0.29) is 4.57 Å². The van der Waals surface area contributed by atoms with Crippen LogP contribution in [0.25, 0.3) is 0 Å². The molecule has 0 aromatic carbocycles. The van der Waals surface area contributed by atoms with Gasteiger partial charge in [-0.25, -0.2) is 4.79 Å². The highest BCUT2D eigenvalue weighted by Crippen LogP contribution is 2.18. The average Bonchev–Trinajstić information content (AvgIpc) is 2.07. The summed E-state index contributed by atoms with van der Waals surface area (Å²) < 4.78 is 36.9. The zero-order valence-electron chi connectivity index (χ0n) is 7.51. The van der Waals surface area contributed by atoms with Crippen LogP contribution in [0.15, 0.2) is 15.7 Å². The Morgan fingerprint density at radius 3 is 2.40 bits per heavy atom. The van der Waals surface area contributed by atoms with Gasteiger partial charge in [0.2, 0.25) is 0 Å². The Morgan fingerprint density at radius 1 is 1.40 bits per heavy atom. The molecule has 0 unspecified atom stereocenters. The summed E-state index contributed by atoms with van der Waals surface area (Å²) in [6.07, 6.45) is -4.56. The molecule has 0 N–H and O–H groups in total. The Labute approximate surface area is 86.5 Å². The lowest BCUT2D eigenvalue weighted by Crippen LogP contribution is -2.40. The van der Waals surface area contributed by atoms with Crippen LogP contribution in [0, 0.1) is 0 Å². The molecule has 0 bridgehead atoms. The molecule has 0 fully saturated rings. The lowest BCUT2D eigenvalue weighted by molar-refractivity contribution is -0.141. The number of rotatable bonds is 1. The molecule has 1 aromatic rings. The van der Waals surface area contributed by atoms with Crippen LogP contribution in [0.1, 0.15) is 0 Å². The van der Waals surface area contributed by atoms with Crippen molar-refractivity contribution in [2.24, 2.45) is 7.05 Å². The van der Waals surface area contributed by atoms with E-state index in [0.717, 1.165) is 13.1 Å². The summed E-state index contributed by atoms with van der Waals surface area (Å²) in [6, 6.07) is 0.759. The molecular weight excluding hydrogens is 237 g/mol. The molecule has 4 nitrogen and oxygen atoms in total. The van der Waals surface area contributed by atoms with Crippen LogP contribution in [-0.2, 0) is 13.6 Å². The van der Waals surface area contributed by atoms with Gasteiger partial charge in [0.25, 0.3) is 5.56 Å². The van der Waals surface area contributed by atoms with Crippen LogP contribution < -0.4 is 11.2 Å². The van der Waals surface area contributed by atoms with Gasteiger partial charge in [-0.15, -0.1) is 0 Å². The van der Waals surface area contributed by atoms with Gasteiger partial charge < -0.3 is 0 Å². The fraction of sp³-hybridized carbons (Fsp3) is 0.429. The lowest BCUT2D eigenvalue weighted by Gasteiger charge is -2.11. The Kier molecular flexibility index (Phi) is 2.94. The summed E-state index contributed by atoms with van der Waals surface area (Å²) in [5.41, 5.74) is -1.84. The molecule has 0 amide bonds. The maximum Gasteiger partial charge on any atom is 0.406 e. The van der Waals surface area contributed by atoms with Crippen molar-refractivity contribution < 1.29 is 13.2 Å². The van der Waals surface area contributed by atoms with E-state index in [1.165, 1.54) is 0 Å². The SMILES string of the molecule is Cn1c(=O)cc(Cl)n(CC(F)(F)F)c1=O. The third-order valence-electron chi connectivity index (χ3n) is 1.69. The van der Waals surface area contributed by atoms with Crippen LogP contribution in [0.4, 0.5) is 13.2 Å². The molecule has 0 saturated heterocycles. The maximum atomic E-state index is 12.0. The molecule has 0 aliphatic carbocycles. The number of alkyl halides is 3. The Bertz CT molecular complexity index is 488. The van der Waals surface area contributed by atoms with Crippen LogP contribution in [0.2, 0.25) is 5.15 Å². The van der Waals surface area contributed by atoms with Gasteiger partial charge in [-0.2, -0.15) is 13.2 Å². The van der Waals surface area contributed by atoms with Gasteiger partial charge in [-0.05, 0) is 0 Å². The second-order valence-corrected chi connectivity index (χ2v) is 3.24. The summed E-state index contributed by atoms with van der Waals surface area (Å²) in [4.78, 5) is 22.2. The van der Waals surface area contributed by atoms with Gasteiger partial charge in [0.05, 0.1) is 0 Å². The van der Waals surface area contributed by atoms with E-state index in [2.05, 4.69) is 0 Å². The monoisotopic (exact) mass is 242 g/mol. The third-order valence-corrected chi connectivity index (χ3v) is 2.00. The molecule has 0 aliphatic rings. The fourth-order valence-electron chi connectivity index (χ4n) is 0.966. The molecule has 0 aliphatic heterocycles. The maximum absolute atomic E-state index is 12.0. The second kappa shape index (κ2) is 3.73. The molecule has 1 heterocycles. The summed E-state index contributed by atoms with van der Waals surface area (Å²) in [5.74, 6) is 0. The molecule has 0 atom stereocenters. The molecule has 0 radical (unpaired) electrons. The highest BCUT2D eigenvalue weighted by Gasteiger charge is 2.29. The zero-order valence-corrected chi connectivity index (χ0v) is 8.26. The minimum Gasteiger partial charge on any atom is -0.275 e. The molecule has 0 spiro atoms. The van der Waals surface area contributed by atoms with E-state index in [1.54, 1.807) is 0 Å². The smallest absolute Gasteiger partial charge is 0.275 e. The first-order valence-corrected chi connectivity index (χ1v) is 4.13. The Hall–Kier alpha value is -1.24. The minimum atomic E-state index is -4.56. The topological polar surface area (TPSA) is 44.0 Å². The van der Waals surface area contributed by atoms with Crippen LogP contribution >= 0.6 is 11.6 Å². The van der Waals surface area contributed by atoms with Gasteiger partial charge in [0, 0.05) is 13.1 Å². The van der Waals surface area contributed by atoms with Crippen molar-refractivity contribution in [3.8, 4) is 0 Å². The van der Waals surface area contributed by atoms with E-state index < -0.39 is 29.1 Å². The van der Waals surface area contributed by atoms with Crippen molar-refractivity contribution in [3.05, 3.63) is 32.1 Å². The van der Waals surface area contributed by atoms with Crippen LogP contribution in [0.5, 0.6) is 0 Å². The van der Waals surface area contributed by atoms with Gasteiger partial charge in [-0.3, -0.25) is 13.9 Å². The van der Waals surface area contributed by atoms with Gasteiger partial charge in [0.1, 0.15) is 11.7 Å². The fourth-order valence-corrected chi connectivity index (χ4v) is 1.19. The third kappa shape index (κ3) is 2.62. The number of aromatic nitrogens is 2. The predicted molar refractivity (Wildman–Crippen MR) is 47.0 cm³/mol. The number of hydrogen-bond acceptors (Lipinski definition) is 2. The molecule has 1 aromatic heterocycles. The number of nitrogens with zero attached hydrogens (tertiary/aromatic N) is 2. The first kappa shape index (κ1) is 11.8. The van der Waals surface area contributed by atoms with E-state index in [0.29, 0.717) is 4.57 Å². The van der Waals surface area contributed by atoms with E-state index in [9.17, 15) is 22.8 Å². The highest BCUT2D eigenvalue weighted by atomic mass is 35.5.